The van der Waals surface area contributed by atoms with Crippen molar-refractivity contribution in [3.8, 4) is 5.75 Å². The van der Waals surface area contributed by atoms with Crippen LogP contribution < -0.4 is 4.72 Å². The van der Waals surface area contributed by atoms with Crippen LogP contribution in [0.25, 0.3) is 0 Å². The summed E-state index contributed by atoms with van der Waals surface area (Å²) in [6.45, 7) is 0.426. The fraction of sp³-hybridized carbons (Fsp3) is 0.385. The smallest absolute Gasteiger partial charge is 0.240 e. The van der Waals surface area contributed by atoms with Gasteiger partial charge in [0.2, 0.25) is 10.0 Å². The van der Waals surface area contributed by atoms with E-state index in [1.165, 1.54) is 36.3 Å². The van der Waals surface area contributed by atoms with E-state index in [1.54, 1.807) is 0 Å². The van der Waals surface area contributed by atoms with Gasteiger partial charge in [0.05, 0.1) is 4.90 Å². The monoisotopic (exact) mass is 267 g/mol. The molecule has 0 fully saturated rings. The number of nitrogens with one attached hydrogen (secondary N) is 1. The lowest BCUT2D eigenvalue weighted by Gasteiger charge is -2.07. The van der Waals surface area contributed by atoms with Gasteiger partial charge in [-0.1, -0.05) is 11.6 Å². The lowest BCUT2D eigenvalue weighted by atomic mass is 10.2. The number of aromatic hydroxyl groups is 1. The maximum atomic E-state index is 11.9. The minimum Gasteiger partial charge on any atom is -0.508 e. The molecular formula is C13H17NO3S. The van der Waals surface area contributed by atoms with Crippen LogP contribution in [-0.4, -0.2) is 20.1 Å². The summed E-state index contributed by atoms with van der Waals surface area (Å²) in [5, 5.41) is 9.12. The lowest BCUT2D eigenvalue weighted by Crippen LogP contribution is -2.24. The fourth-order valence-electron chi connectivity index (χ4n) is 2.02. The SMILES string of the molecule is O=S(=O)(NCCC1=CCCC1)c1ccc(O)cc1. The van der Waals surface area contributed by atoms with Crippen molar-refractivity contribution < 1.29 is 13.5 Å². The van der Waals surface area contributed by atoms with E-state index in [9.17, 15) is 8.42 Å². The van der Waals surface area contributed by atoms with Gasteiger partial charge in [0, 0.05) is 6.54 Å². The number of allylic oxidation sites excluding steroid dienone is 1. The number of hydrogen-bond donors (Lipinski definition) is 2. The maximum Gasteiger partial charge on any atom is 0.240 e. The van der Waals surface area contributed by atoms with Crippen molar-refractivity contribution in [2.24, 2.45) is 0 Å². The molecule has 1 aliphatic carbocycles. The Morgan fingerprint density at radius 3 is 2.56 bits per heavy atom. The van der Waals surface area contributed by atoms with Crippen molar-refractivity contribution in [2.45, 2.75) is 30.6 Å². The van der Waals surface area contributed by atoms with Crippen LogP contribution >= 0.6 is 0 Å². The molecule has 0 aromatic heterocycles. The molecule has 18 heavy (non-hydrogen) atoms. The van der Waals surface area contributed by atoms with Gasteiger partial charge in [-0.25, -0.2) is 13.1 Å². The first-order valence-electron chi connectivity index (χ1n) is 6.04. The Morgan fingerprint density at radius 2 is 1.94 bits per heavy atom. The quantitative estimate of drug-likeness (QED) is 0.803. The van der Waals surface area contributed by atoms with E-state index in [1.807, 2.05) is 0 Å². The largest absolute Gasteiger partial charge is 0.508 e. The van der Waals surface area contributed by atoms with Crippen LogP contribution in [0.3, 0.4) is 0 Å². The van der Waals surface area contributed by atoms with Gasteiger partial charge in [-0.3, -0.25) is 0 Å². The zero-order valence-corrected chi connectivity index (χ0v) is 10.9. The first-order chi connectivity index (χ1) is 8.58. The van der Waals surface area contributed by atoms with Crippen molar-refractivity contribution in [1.82, 2.24) is 4.72 Å². The Labute approximate surface area is 107 Å². The summed E-state index contributed by atoms with van der Waals surface area (Å²) in [5.74, 6) is 0.0602. The van der Waals surface area contributed by atoms with Gasteiger partial charge in [-0.05, 0) is 49.9 Å². The van der Waals surface area contributed by atoms with Crippen LogP contribution in [-0.2, 0) is 10.0 Å². The number of hydrogen-bond acceptors (Lipinski definition) is 3. The predicted octanol–water partition coefficient (Wildman–Crippen LogP) is 2.17. The van der Waals surface area contributed by atoms with Crippen LogP contribution in [0.1, 0.15) is 25.7 Å². The van der Waals surface area contributed by atoms with E-state index >= 15 is 0 Å². The summed E-state index contributed by atoms with van der Waals surface area (Å²) in [6.07, 6.45) is 6.34. The lowest BCUT2D eigenvalue weighted by molar-refractivity contribution is 0.474. The molecular weight excluding hydrogens is 250 g/mol. The predicted molar refractivity (Wildman–Crippen MR) is 69.8 cm³/mol. The summed E-state index contributed by atoms with van der Waals surface area (Å²) >= 11 is 0. The molecule has 1 aromatic rings. The molecule has 0 aliphatic heterocycles. The number of sulfonamides is 1. The van der Waals surface area contributed by atoms with E-state index in [2.05, 4.69) is 10.8 Å². The summed E-state index contributed by atoms with van der Waals surface area (Å²) in [7, 11) is -3.46. The normalized spacial score (nSPS) is 15.7. The standard InChI is InChI=1S/C13H17NO3S/c15-12-5-7-13(8-6-12)18(16,17)14-10-9-11-3-1-2-4-11/h3,5-8,14-15H,1-2,4,9-10H2. The van der Waals surface area contributed by atoms with E-state index in [0.29, 0.717) is 6.54 Å². The zero-order valence-electron chi connectivity index (χ0n) is 10.1. The molecule has 0 atom stereocenters. The van der Waals surface area contributed by atoms with Crippen molar-refractivity contribution >= 4 is 10.0 Å². The molecule has 2 N–H and O–H groups in total. The molecule has 0 unspecified atom stereocenters. The molecule has 0 heterocycles. The van der Waals surface area contributed by atoms with Gasteiger partial charge >= 0.3 is 0 Å². The van der Waals surface area contributed by atoms with Crippen molar-refractivity contribution in [3.63, 3.8) is 0 Å². The highest BCUT2D eigenvalue weighted by Crippen LogP contribution is 2.20. The van der Waals surface area contributed by atoms with Gasteiger partial charge in [-0.2, -0.15) is 0 Å². The van der Waals surface area contributed by atoms with Gasteiger partial charge in [-0.15, -0.1) is 0 Å². The second kappa shape index (κ2) is 5.54. The van der Waals surface area contributed by atoms with E-state index < -0.39 is 10.0 Å². The van der Waals surface area contributed by atoms with E-state index in [-0.39, 0.29) is 10.6 Å². The molecule has 5 heteroatoms. The third kappa shape index (κ3) is 3.34. The molecule has 4 nitrogen and oxygen atoms in total. The molecule has 0 bridgehead atoms. The van der Waals surface area contributed by atoms with Crippen LogP contribution in [0, 0.1) is 0 Å². The Bertz CT molecular complexity index is 532. The highest BCUT2D eigenvalue weighted by molar-refractivity contribution is 7.89. The van der Waals surface area contributed by atoms with Crippen molar-refractivity contribution in [1.29, 1.82) is 0 Å². The molecule has 0 saturated carbocycles. The number of phenols is 1. The molecule has 0 amide bonds. The second-order valence-electron chi connectivity index (χ2n) is 4.40. The highest BCUT2D eigenvalue weighted by atomic mass is 32.2. The molecule has 2 rings (SSSR count). The van der Waals surface area contributed by atoms with Crippen LogP contribution in [0.5, 0.6) is 5.75 Å². The topological polar surface area (TPSA) is 66.4 Å². The fourth-order valence-corrected chi connectivity index (χ4v) is 3.05. The van der Waals surface area contributed by atoms with Crippen LogP contribution in [0.2, 0.25) is 0 Å². The molecule has 0 saturated heterocycles. The third-order valence-corrected chi connectivity index (χ3v) is 4.50. The first kappa shape index (κ1) is 13.1. The van der Waals surface area contributed by atoms with Crippen LogP contribution in [0.4, 0.5) is 0 Å². The second-order valence-corrected chi connectivity index (χ2v) is 6.16. The van der Waals surface area contributed by atoms with Gasteiger partial charge in [0.25, 0.3) is 0 Å². The van der Waals surface area contributed by atoms with E-state index in [0.717, 1.165) is 19.3 Å². The Balaban J connectivity index is 1.92. The summed E-state index contributed by atoms with van der Waals surface area (Å²) < 4.78 is 26.4. The third-order valence-electron chi connectivity index (χ3n) is 3.02. The number of phenolic OH excluding ortho intramolecular Hbond substituents is 1. The number of rotatable bonds is 5. The molecule has 1 aliphatic rings. The van der Waals surface area contributed by atoms with Crippen molar-refractivity contribution in [2.75, 3.05) is 6.54 Å². The van der Waals surface area contributed by atoms with Gasteiger partial charge < -0.3 is 5.11 Å². The Hall–Kier alpha value is -1.33. The average molecular weight is 267 g/mol. The molecule has 1 aromatic carbocycles. The van der Waals surface area contributed by atoms with Crippen LogP contribution in [0.15, 0.2) is 40.8 Å². The summed E-state index contributed by atoms with van der Waals surface area (Å²) in [5.41, 5.74) is 1.34. The highest BCUT2D eigenvalue weighted by Gasteiger charge is 2.13. The summed E-state index contributed by atoms with van der Waals surface area (Å²) in [6, 6.07) is 5.53. The first-order valence-corrected chi connectivity index (χ1v) is 7.53. The molecule has 98 valence electrons. The average Bonchev–Trinajstić information content (AvgIpc) is 2.82. The zero-order chi connectivity index (χ0) is 13.0. The molecule has 0 spiro atoms. The van der Waals surface area contributed by atoms with Gasteiger partial charge in [0.15, 0.2) is 0 Å². The molecule has 0 radical (unpaired) electrons. The Kier molecular flexibility index (Phi) is 4.04. The minimum atomic E-state index is -3.46. The summed E-state index contributed by atoms with van der Waals surface area (Å²) in [4.78, 5) is 0.181. The minimum absolute atomic E-state index is 0.0602. The maximum absolute atomic E-state index is 11.9. The van der Waals surface area contributed by atoms with Crippen molar-refractivity contribution in [3.05, 3.63) is 35.9 Å². The van der Waals surface area contributed by atoms with E-state index in [4.69, 9.17) is 5.11 Å². The number of benzene rings is 1. The Morgan fingerprint density at radius 1 is 1.22 bits per heavy atom. The van der Waals surface area contributed by atoms with Gasteiger partial charge in [0.1, 0.15) is 5.75 Å².